The number of hydrogen-bond donors (Lipinski definition) is 3. The highest BCUT2D eigenvalue weighted by molar-refractivity contribution is 9.10. The summed E-state index contributed by atoms with van der Waals surface area (Å²) in [6, 6.07) is 10.4. The van der Waals surface area contributed by atoms with Crippen molar-refractivity contribution in [1.82, 2.24) is 5.32 Å². The van der Waals surface area contributed by atoms with Gasteiger partial charge in [-0.1, -0.05) is 15.9 Å². The molecule has 0 atom stereocenters. The van der Waals surface area contributed by atoms with E-state index >= 15 is 0 Å². The first kappa shape index (κ1) is 20.9. The molecule has 0 aromatic heterocycles. The monoisotopic (exact) mass is 436 g/mol. The lowest BCUT2D eigenvalue weighted by Gasteiger charge is -2.22. The molecule has 0 radical (unpaired) electrons. The number of anilines is 1. The van der Waals surface area contributed by atoms with E-state index in [2.05, 4.69) is 26.6 Å². The SMILES string of the molecule is COc1ccc(Br)c(CNc2ccc(O)cc2)c1OCC(=O)NC(C)(C)C. The fourth-order valence-corrected chi connectivity index (χ4v) is 2.88. The fourth-order valence-electron chi connectivity index (χ4n) is 2.43. The van der Waals surface area contributed by atoms with Gasteiger partial charge in [0, 0.05) is 27.8 Å². The van der Waals surface area contributed by atoms with Crippen molar-refractivity contribution in [3.8, 4) is 17.2 Å². The van der Waals surface area contributed by atoms with Crippen LogP contribution < -0.4 is 20.1 Å². The molecular weight excluding hydrogens is 412 g/mol. The third kappa shape index (κ3) is 6.36. The number of benzene rings is 2. The number of halogens is 1. The first-order chi connectivity index (χ1) is 12.7. The lowest BCUT2D eigenvalue weighted by molar-refractivity contribution is -0.124. The van der Waals surface area contributed by atoms with E-state index in [1.54, 1.807) is 37.4 Å². The number of ether oxygens (including phenoxy) is 2. The number of amides is 1. The molecule has 0 heterocycles. The van der Waals surface area contributed by atoms with Crippen molar-refractivity contribution in [2.75, 3.05) is 19.0 Å². The van der Waals surface area contributed by atoms with Crippen LogP contribution in [0.4, 0.5) is 5.69 Å². The van der Waals surface area contributed by atoms with Crippen LogP contribution in [-0.2, 0) is 11.3 Å². The third-order valence-corrected chi connectivity index (χ3v) is 4.33. The second-order valence-corrected chi connectivity index (χ2v) is 7.90. The van der Waals surface area contributed by atoms with Gasteiger partial charge in [0.2, 0.25) is 0 Å². The molecule has 0 saturated carbocycles. The lowest BCUT2D eigenvalue weighted by Crippen LogP contribution is -2.43. The molecule has 7 heteroatoms. The molecule has 27 heavy (non-hydrogen) atoms. The van der Waals surface area contributed by atoms with E-state index < -0.39 is 0 Å². The van der Waals surface area contributed by atoms with Gasteiger partial charge in [0.15, 0.2) is 18.1 Å². The summed E-state index contributed by atoms with van der Waals surface area (Å²) < 4.78 is 12.0. The Morgan fingerprint density at radius 3 is 2.41 bits per heavy atom. The largest absolute Gasteiger partial charge is 0.508 e. The summed E-state index contributed by atoms with van der Waals surface area (Å²) in [4.78, 5) is 12.1. The predicted molar refractivity (Wildman–Crippen MR) is 110 cm³/mol. The maximum Gasteiger partial charge on any atom is 0.258 e. The van der Waals surface area contributed by atoms with Gasteiger partial charge >= 0.3 is 0 Å². The number of carbonyl (C=O) groups is 1. The van der Waals surface area contributed by atoms with E-state index in [1.807, 2.05) is 26.8 Å². The van der Waals surface area contributed by atoms with E-state index in [0.717, 1.165) is 15.7 Å². The van der Waals surface area contributed by atoms with Gasteiger partial charge in [0.25, 0.3) is 5.91 Å². The second kappa shape index (κ2) is 8.99. The van der Waals surface area contributed by atoms with E-state index in [0.29, 0.717) is 18.0 Å². The van der Waals surface area contributed by atoms with Crippen LogP contribution in [0.15, 0.2) is 40.9 Å². The normalized spacial score (nSPS) is 11.0. The topological polar surface area (TPSA) is 79.8 Å². The van der Waals surface area contributed by atoms with Gasteiger partial charge in [-0.05, 0) is 57.2 Å². The summed E-state index contributed by atoms with van der Waals surface area (Å²) in [5, 5.41) is 15.5. The van der Waals surface area contributed by atoms with E-state index in [1.165, 1.54) is 0 Å². The minimum Gasteiger partial charge on any atom is -0.508 e. The Balaban J connectivity index is 2.17. The number of carbonyl (C=O) groups excluding carboxylic acids is 1. The van der Waals surface area contributed by atoms with Crippen LogP contribution in [0.25, 0.3) is 0 Å². The Morgan fingerprint density at radius 2 is 1.81 bits per heavy atom. The molecular formula is C20H25BrN2O4. The highest BCUT2D eigenvalue weighted by atomic mass is 79.9. The zero-order chi connectivity index (χ0) is 20.0. The van der Waals surface area contributed by atoms with Gasteiger partial charge in [-0.2, -0.15) is 0 Å². The van der Waals surface area contributed by atoms with Crippen molar-refractivity contribution in [3.63, 3.8) is 0 Å². The Bertz CT molecular complexity index is 786. The maximum absolute atomic E-state index is 12.1. The van der Waals surface area contributed by atoms with Gasteiger partial charge in [0.05, 0.1) is 7.11 Å². The molecule has 146 valence electrons. The molecule has 2 rings (SSSR count). The average molecular weight is 437 g/mol. The second-order valence-electron chi connectivity index (χ2n) is 7.04. The van der Waals surface area contributed by atoms with Crippen molar-refractivity contribution < 1.29 is 19.4 Å². The first-order valence-electron chi connectivity index (χ1n) is 8.51. The van der Waals surface area contributed by atoms with E-state index in [-0.39, 0.29) is 23.8 Å². The van der Waals surface area contributed by atoms with Crippen LogP contribution in [0.3, 0.4) is 0 Å². The molecule has 0 saturated heterocycles. The van der Waals surface area contributed by atoms with Crippen LogP contribution in [0.1, 0.15) is 26.3 Å². The Labute approximate surface area is 168 Å². The van der Waals surface area contributed by atoms with Crippen molar-refractivity contribution in [3.05, 3.63) is 46.4 Å². The summed E-state index contributed by atoms with van der Waals surface area (Å²) >= 11 is 3.54. The number of nitrogens with one attached hydrogen (secondary N) is 2. The number of hydrogen-bond acceptors (Lipinski definition) is 5. The van der Waals surface area contributed by atoms with Crippen LogP contribution >= 0.6 is 15.9 Å². The molecule has 0 bridgehead atoms. The lowest BCUT2D eigenvalue weighted by atomic mass is 10.1. The standard InChI is InChI=1S/C20H25BrN2O4/c1-20(2,3)23-18(25)12-27-19-15(16(21)9-10-17(19)26-4)11-22-13-5-7-14(24)8-6-13/h5-10,22,24H,11-12H2,1-4H3,(H,23,25). The fraction of sp³-hybridized carbons (Fsp3) is 0.350. The van der Waals surface area contributed by atoms with Crippen LogP contribution in [0.5, 0.6) is 17.2 Å². The Kier molecular flexibility index (Phi) is 6.96. The molecule has 6 nitrogen and oxygen atoms in total. The van der Waals surface area contributed by atoms with Crippen molar-refractivity contribution in [2.45, 2.75) is 32.9 Å². The molecule has 2 aromatic carbocycles. The minimum atomic E-state index is -0.328. The summed E-state index contributed by atoms with van der Waals surface area (Å²) in [5.41, 5.74) is 1.34. The smallest absolute Gasteiger partial charge is 0.258 e. The summed E-state index contributed by atoms with van der Waals surface area (Å²) in [6.45, 7) is 6.07. The average Bonchev–Trinajstić information content (AvgIpc) is 2.59. The van der Waals surface area contributed by atoms with Gasteiger partial charge in [-0.25, -0.2) is 0 Å². The van der Waals surface area contributed by atoms with Gasteiger partial charge in [-0.3, -0.25) is 4.79 Å². The first-order valence-corrected chi connectivity index (χ1v) is 9.31. The molecule has 0 fully saturated rings. The van der Waals surface area contributed by atoms with Gasteiger partial charge < -0.3 is 25.2 Å². The quantitative estimate of drug-likeness (QED) is 0.570. The van der Waals surface area contributed by atoms with E-state index in [9.17, 15) is 9.90 Å². The molecule has 0 aliphatic heterocycles. The number of methoxy groups -OCH3 is 1. The minimum absolute atomic E-state index is 0.115. The molecule has 3 N–H and O–H groups in total. The summed E-state index contributed by atoms with van der Waals surface area (Å²) in [6.07, 6.45) is 0. The van der Waals surface area contributed by atoms with Crippen molar-refractivity contribution in [2.24, 2.45) is 0 Å². The molecule has 0 spiro atoms. The van der Waals surface area contributed by atoms with Crippen LogP contribution in [0, 0.1) is 0 Å². The van der Waals surface area contributed by atoms with Crippen molar-refractivity contribution in [1.29, 1.82) is 0 Å². The van der Waals surface area contributed by atoms with Gasteiger partial charge in [0.1, 0.15) is 5.75 Å². The van der Waals surface area contributed by atoms with E-state index in [4.69, 9.17) is 9.47 Å². The Morgan fingerprint density at radius 1 is 1.15 bits per heavy atom. The molecule has 0 aliphatic carbocycles. The molecule has 0 unspecified atom stereocenters. The summed E-state index contributed by atoms with van der Waals surface area (Å²) in [7, 11) is 1.56. The number of phenolic OH excluding ortho intramolecular Hbond substituents is 1. The third-order valence-electron chi connectivity index (χ3n) is 3.59. The number of aromatic hydroxyl groups is 1. The van der Waals surface area contributed by atoms with Crippen LogP contribution in [-0.4, -0.2) is 30.3 Å². The summed E-state index contributed by atoms with van der Waals surface area (Å²) in [5.74, 6) is 1.05. The zero-order valence-electron chi connectivity index (χ0n) is 15.9. The molecule has 0 aliphatic rings. The predicted octanol–water partition coefficient (Wildman–Crippen LogP) is 4.07. The van der Waals surface area contributed by atoms with Crippen molar-refractivity contribution >= 4 is 27.5 Å². The molecule has 2 aromatic rings. The Hall–Kier alpha value is -2.41. The number of rotatable bonds is 7. The maximum atomic E-state index is 12.1. The highest BCUT2D eigenvalue weighted by Gasteiger charge is 2.18. The molecule has 1 amide bonds. The highest BCUT2D eigenvalue weighted by Crippen LogP contribution is 2.36. The number of phenols is 1. The van der Waals surface area contributed by atoms with Gasteiger partial charge in [-0.15, -0.1) is 0 Å². The van der Waals surface area contributed by atoms with Crippen LogP contribution in [0.2, 0.25) is 0 Å². The zero-order valence-corrected chi connectivity index (χ0v) is 17.5.